The first-order valence-electron chi connectivity index (χ1n) is 6.50. The first-order chi connectivity index (χ1) is 7.41. The quantitative estimate of drug-likeness (QED) is 0.275. The zero-order valence-corrected chi connectivity index (χ0v) is 10.2. The van der Waals surface area contributed by atoms with Gasteiger partial charge in [0.2, 0.25) is 0 Å². The van der Waals surface area contributed by atoms with E-state index >= 15 is 0 Å². The molecule has 0 saturated carbocycles. The Labute approximate surface area is 95.0 Å². The van der Waals surface area contributed by atoms with Gasteiger partial charge in [-0.05, 0) is 12.8 Å². The fraction of sp³-hybridized carbons (Fsp3) is 0.786. The molecule has 0 N–H and O–H groups in total. The highest BCUT2D eigenvalue weighted by Crippen LogP contribution is 2.09. The fourth-order valence-electron chi connectivity index (χ4n) is 1.67. The van der Waals surface area contributed by atoms with Crippen molar-refractivity contribution in [2.75, 3.05) is 0 Å². The molecule has 0 rings (SSSR count). The second-order valence-electron chi connectivity index (χ2n) is 4.14. The summed E-state index contributed by atoms with van der Waals surface area (Å²) in [7, 11) is 0. The number of unbranched alkanes of at least 4 members (excludes halogenated alkanes) is 8. The number of hydrogen-bond donors (Lipinski definition) is 0. The molecule has 0 aliphatic carbocycles. The largest absolute Gasteiger partial charge is 0.303 e. The summed E-state index contributed by atoms with van der Waals surface area (Å²) in [5, 5.41) is 0. The number of hydrogen-bond acceptors (Lipinski definition) is 1. The third-order valence-electron chi connectivity index (χ3n) is 2.62. The Balaban J connectivity index is 2.95. The van der Waals surface area contributed by atoms with Crippen LogP contribution in [0.2, 0.25) is 0 Å². The van der Waals surface area contributed by atoms with Crippen LogP contribution in [0.1, 0.15) is 71.1 Å². The second-order valence-corrected chi connectivity index (χ2v) is 4.14. The summed E-state index contributed by atoms with van der Waals surface area (Å²) in [6, 6.07) is 0. The maximum absolute atomic E-state index is 10.0. The molecular formula is C14H26O. The van der Waals surface area contributed by atoms with Crippen LogP contribution < -0.4 is 0 Å². The van der Waals surface area contributed by atoms with E-state index in [1.165, 1.54) is 51.4 Å². The van der Waals surface area contributed by atoms with Crippen LogP contribution in [-0.4, -0.2) is 6.29 Å². The second kappa shape index (κ2) is 13.4. The molecule has 0 heterocycles. The van der Waals surface area contributed by atoms with Crippen molar-refractivity contribution in [1.29, 1.82) is 0 Å². The van der Waals surface area contributed by atoms with Crippen LogP contribution in [0, 0.1) is 0 Å². The molecule has 0 bridgehead atoms. The molecule has 0 saturated heterocycles. The average molecular weight is 210 g/mol. The third-order valence-corrected chi connectivity index (χ3v) is 2.62. The molecule has 0 unspecified atom stereocenters. The fourth-order valence-corrected chi connectivity index (χ4v) is 1.67. The topological polar surface area (TPSA) is 17.1 Å². The van der Waals surface area contributed by atoms with Gasteiger partial charge in [0.05, 0.1) is 0 Å². The van der Waals surface area contributed by atoms with Crippen molar-refractivity contribution in [3.05, 3.63) is 12.2 Å². The summed E-state index contributed by atoms with van der Waals surface area (Å²) in [6.45, 7) is 2.26. The summed E-state index contributed by atoms with van der Waals surface area (Å²) >= 11 is 0. The van der Waals surface area contributed by atoms with Gasteiger partial charge in [0, 0.05) is 6.42 Å². The first kappa shape index (κ1) is 14.4. The normalized spacial score (nSPS) is 11.0. The van der Waals surface area contributed by atoms with Crippen molar-refractivity contribution in [3.8, 4) is 0 Å². The average Bonchev–Trinajstić information content (AvgIpc) is 2.26. The van der Waals surface area contributed by atoms with E-state index in [1.807, 2.05) is 6.08 Å². The first-order valence-corrected chi connectivity index (χ1v) is 6.50. The van der Waals surface area contributed by atoms with Crippen LogP contribution in [0.5, 0.6) is 0 Å². The molecule has 0 radical (unpaired) electrons. The molecule has 15 heavy (non-hydrogen) atoms. The lowest BCUT2D eigenvalue weighted by molar-refractivity contribution is -0.107. The lowest BCUT2D eigenvalue weighted by Gasteiger charge is -1.99. The highest BCUT2D eigenvalue weighted by molar-refractivity contribution is 5.51. The Kier molecular flexibility index (Phi) is 12.9. The zero-order valence-electron chi connectivity index (χ0n) is 10.2. The molecule has 0 spiro atoms. The van der Waals surface area contributed by atoms with E-state index < -0.39 is 0 Å². The molecule has 0 aromatic heterocycles. The minimum atomic E-state index is 0.580. The zero-order chi connectivity index (χ0) is 11.2. The van der Waals surface area contributed by atoms with E-state index in [0.29, 0.717) is 6.42 Å². The lowest BCUT2D eigenvalue weighted by atomic mass is 10.1. The predicted octanol–water partition coefficient (Wildman–Crippen LogP) is 4.66. The Bertz CT molecular complexity index is 149. The van der Waals surface area contributed by atoms with Gasteiger partial charge in [-0.25, -0.2) is 0 Å². The van der Waals surface area contributed by atoms with Gasteiger partial charge in [0.25, 0.3) is 0 Å². The van der Waals surface area contributed by atoms with Crippen molar-refractivity contribution in [2.45, 2.75) is 71.1 Å². The molecule has 0 aromatic rings. The highest BCUT2D eigenvalue weighted by atomic mass is 16.1. The monoisotopic (exact) mass is 210 g/mol. The lowest BCUT2D eigenvalue weighted by Crippen LogP contribution is -1.80. The van der Waals surface area contributed by atoms with E-state index in [9.17, 15) is 4.79 Å². The van der Waals surface area contributed by atoms with Gasteiger partial charge in [0.1, 0.15) is 6.29 Å². The number of rotatable bonds is 11. The number of carbonyl (C=O) groups is 1. The van der Waals surface area contributed by atoms with Gasteiger partial charge >= 0.3 is 0 Å². The van der Waals surface area contributed by atoms with Crippen molar-refractivity contribution in [3.63, 3.8) is 0 Å². The number of carbonyl (C=O) groups excluding carboxylic acids is 1. The maximum Gasteiger partial charge on any atom is 0.123 e. The number of aldehydes is 1. The molecular weight excluding hydrogens is 184 g/mol. The molecule has 88 valence electrons. The Morgan fingerprint density at radius 2 is 1.40 bits per heavy atom. The molecule has 0 aromatic carbocycles. The van der Waals surface area contributed by atoms with Gasteiger partial charge in [-0.1, -0.05) is 64.0 Å². The van der Waals surface area contributed by atoms with Crippen molar-refractivity contribution in [2.24, 2.45) is 0 Å². The van der Waals surface area contributed by atoms with E-state index in [4.69, 9.17) is 0 Å². The third kappa shape index (κ3) is 13.4. The molecule has 0 amide bonds. The summed E-state index contributed by atoms with van der Waals surface area (Å²) in [4.78, 5) is 10.0. The molecule has 0 aliphatic rings. The van der Waals surface area contributed by atoms with Crippen LogP contribution in [0.25, 0.3) is 0 Å². The smallest absolute Gasteiger partial charge is 0.123 e. The highest BCUT2D eigenvalue weighted by Gasteiger charge is 1.90. The van der Waals surface area contributed by atoms with Crippen molar-refractivity contribution >= 4 is 6.29 Å². The summed E-state index contributed by atoms with van der Waals surface area (Å²) in [6.07, 6.45) is 17.7. The van der Waals surface area contributed by atoms with Crippen LogP contribution in [0.4, 0.5) is 0 Å². The molecule has 1 heteroatoms. The predicted molar refractivity (Wildman–Crippen MR) is 67.0 cm³/mol. The minimum Gasteiger partial charge on any atom is -0.303 e. The van der Waals surface area contributed by atoms with Crippen LogP contribution in [0.3, 0.4) is 0 Å². The van der Waals surface area contributed by atoms with E-state index in [-0.39, 0.29) is 0 Å². The van der Waals surface area contributed by atoms with Crippen LogP contribution in [0.15, 0.2) is 12.2 Å². The minimum absolute atomic E-state index is 0.580. The van der Waals surface area contributed by atoms with Crippen LogP contribution in [-0.2, 0) is 4.79 Å². The SMILES string of the molecule is CCCCCCCCCC/C=C\CC=O. The van der Waals surface area contributed by atoms with E-state index in [2.05, 4.69) is 13.0 Å². The molecule has 1 nitrogen and oxygen atoms in total. The summed E-state index contributed by atoms with van der Waals surface area (Å²) in [5.41, 5.74) is 0. The molecule has 0 aliphatic heterocycles. The van der Waals surface area contributed by atoms with Gasteiger partial charge in [-0.2, -0.15) is 0 Å². The van der Waals surface area contributed by atoms with Gasteiger partial charge in [-0.3, -0.25) is 0 Å². The van der Waals surface area contributed by atoms with Gasteiger partial charge in [-0.15, -0.1) is 0 Å². The van der Waals surface area contributed by atoms with Gasteiger partial charge < -0.3 is 4.79 Å². The Hall–Kier alpha value is -0.590. The van der Waals surface area contributed by atoms with Crippen LogP contribution >= 0.6 is 0 Å². The van der Waals surface area contributed by atoms with Crippen molar-refractivity contribution < 1.29 is 4.79 Å². The standard InChI is InChI=1S/C14H26O/c1-2-3-4-5-6-7-8-9-10-11-12-13-14-15/h11-12,14H,2-10,13H2,1H3/b12-11-. The Morgan fingerprint density at radius 3 is 2.00 bits per heavy atom. The Morgan fingerprint density at radius 1 is 0.800 bits per heavy atom. The summed E-state index contributed by atoms with van der Waals surface area (Å²) in [5.74, 6) is 0. The summed E-state index contributed by atoms with van der Waals surface area (Å²) < 4.78 is 0. The maximum atomic E-state index is 10.0. The van der Waals surface area contributed by atoms with Gasteiger partial charge in [0.15, 0.2) is 0 Å². The number of allylic oxidation sites excluding steroid dienone is 2. The molecule has 0 atom stereocenters. The van der Waals surface area contributed by atoms with E-state index in [1.54, 1.807) is 0 Å². The van der Waals surface area contributed by atoms with Crippen molar-refractivity contribution in [1.82, 2.24) is 0 Å². The van der Waals surface area contributed by atoms with E-state index in [0.717, 1.165) is 12.7 Å². The molecule has 0 fully saturated rings.